The molecule has 5 heteroatoms. The van der Waals surface area contributed by atoms with Crippen molar-refractivity contribution in [2.24, 2.45) is 0 Å². The highest BCUT2D eigenvalue weighted by Gasteiger charge is 2.54. The van der Waals surface area contributed by atoms with Gasteiger partial charge >= 0.3 is 0 Å². The molecule has 0 aliphatic rings. The first-order chi connectivity index (χ1) is 17.5. The second-order valence-corrected chi connectivity index (χ2v) is 12.0. The fourth-order valence-corrected chi connectivity index (χ4v) is 9.90. The third-order valence-corrected chi connectivity index (χ3v) is 11.0. The van der Waals surface area contributed by atoms with Gasteiger partial charge in [0.25, 0.3) is 0 Å². The van der Waals surface area contributed by atoms with Gasteiger partial charge in [0.05, 0.1) is 0 Å². The lowest BCUT2D eigenvalue weighted by Crippen LogP contribution is -2.35. The first-order valence-electron chi connectivity index (χ1n) is 11.5. The van der Waals surface area contributed by atoms with E-state index in [-0.39, 0.29) is 0 Å². The third-order valence-electron chi connectivity index (χ3n) is 6.28. The third kappa shape index (κ3) is 4.45. The second kappa shape index (κ2) is 10.1. The first kappa shape index (κ1) is 24.0. The Kier molecular flexibility index (Phi) is 6.71. The summed E-state index contributed by atoms with van der Waals surface area (Å²) in [6.45, 7) is 0. The van der Waals surface area contributed by atoms with Gasteiger partial charge in [0, 0.05) is 23.3 Å². The van der Waals surface area contributed by atoms with Gasteiger partial charge in [0.15, 0.2) is 0 Å². The SMILES string of the molecule is Fc1cc(F)cc(C(c2cc(F)cc(F)c2)[P+](c2ccccc2)(c2ccccc2)c2ccccc2)c1. The number of hydrogen-bond acceptors (Lipinski definition) is 0. The van der Waals surface area contributed by atoms with Crippen LogP contribution >= 0.6 is 7.26 Å². The molecule has 36 heavy (non-hydrogen) atoms. The Morgan fingerprint density at radius 1 is 0.389 bits per heavy atom. The van der Waals surface area contributed by atoms with Crippen LogP contribution in [-0.2, 0) is 0 Å². The van der Waals surface area contributed by atoms with Crippen molar-refractivity contribution in [3.05, 3.63) is 162 Å². The van der Waals surface area contributed by atoms with Gasteiger partial charge in [-0.25, -0.2) is 17.6 Å². The Balaban J connectivity index is 1.99. The van der Waals surface area contributed by atoms with E-state index >= 15 is 0 Å². The van der Waals surface area contributed by atoms with Crippen molar-refractivity contribution in [3.8, 4) is 0 Å². The van der Waals surface area contributed by atoms with E-state index in [2.05, 4.69) is 0 Å². The van der Waals surface area contributed by atoms with E-state index in [1.807, 2.05) is 91.0 Å². The Bertz CT molecular complexity index is 1280. The van der Waals surface area contributed by atoms with Gasteiger partial charge in [-0.05, 0) is 60.7 Å². The molecule has 0 aliphatic carbocycles. The summed E-state index contributed by atoms with van der Waals surface area (Å²) in [5.41, 5.74) is -0.162. The fraction of sp³-hybridized carbons (Fsp3) is 0.0323. The Labute approximate surface area is 208 Å². The summed E-state index contributed by atoms with van der Waals surface area (Å²) >= 11 is 0. The highest BCUT2D eigenvalue weighted by molar-refractivity contribution is 7.96. The topological polar surface area (TPSA) is 0 Å². The van der Waals surface area contributed by atoms with Crippen molar-refractivity contribution in [2.45, 2.75) is 5.66 Å². The Morgan fingerprint density at radius 3 is 0.944 bits per heavy atom. The molecule has 0 heterocycles. The van der Waals surface area contributed by atoms with Crippen molar-refractivity contribution in [2.75, 3.05) is 0 Å². The molecule has 5 rings (SSSR count). The summed E-state index contributed by atoms with van der Waals surface area (Å²) in [4.78, 5) is 0. The fourth-order valence-electron chi connectivity index (χ4n) is 4.99. The average Bonchev–Trinajstić information content (AvgIpc) is 2.87. The maximum Gasteiger partial charge on any atom is 0.134 e. The molecule has 0 aliphatic heterocycles. The van der Waals surface area contributed by atoms with Crippen molar-refractivity contribution < 1.29 is 17.6 Å². The quantitative estimate of drug-likeness (QED) is 0.169. The van der Waals surface area contributed by atoms with Crippen LogP contribution in [-0.4, -0.2) is 0 Å². The van der Waals surface area contributed by atoms with Crippen LogP contribution in [0.25, 0.3) is 0 Å². The molecule has 5 aromatic carbocycles. The zero-order chi connectivity index (χ0) is 25.1. The van der Waals surface area contributed by atoms with E-state index in [1.54, 1.807) is 0 Å². The van der Waals surface area contributed by atoms with Crippen LogP contribution in [0.4, 0.5) is 17.6 Å². The number of halogens is 4. The van der Waals surface area contributed by atoms with Crippen molar-refractivity contribution in [3.63, 3.8) is 0 Å². The van der Waals surface area contributed by atoms with Gasteiger partial charge in [0.2, 0.25) is 0 Å². The van der Waals surface area contributed by atoms with Crippen molar-refractivity contribution in [1.82, 2.24) is 0 Å². The van der Waals surface area contributed by atoms with Crippen molar-refractivity contribution >= 4 is 23.2 Å². The Morgan fingerprint density at radius 2 is 0.667 bits per heavy atom. The van der Waals surface area contributed by atoms with Crippen LogP contribution < -0.4 is 15.9 Å². The molecule has 0 nitrogen and oxygen atoms in total. The number of benzene rings is 5. The van der Waals surface area contributed by atoms with Crippen LogP contribution in [0.1, 0.15) is 16.8 Å². The largest absolute Gasteiger partial charge is 0.207 e. The van der Waals surface area contributed by atoms with Crippen LogP contribution in [0.15, 0.2) is 127 Å². The summed E-state index contributed by atoms with van der Waals surface area (Å²) < 4.78 is 58.7. The predicted molar refractivity (Wildman–Crippen MR) is 140 cm³/mol. The molecule has 0 saturated carbocycles. The molecule has 5 aromatic rings. The van der Waals surface area contributed by atoms with E-state index in [0.717, 1.165) is 28.0 Å². The van der Waals surface area contributed by atoms with Crippen LogP contribution in [0, 0.1) is 23.3 Å². The second-order valence-electron chi connectivity index (χ2n) is 8.54. The molecule has 0 saturated heterocycles. The highest BCUT2D eigenvalue weighted by Crippen LogP contribution is 2.69. The van der Waals surface area contributed by atoms with Crippen LogP contribution in [0.5, 0.6) is 0 Å². The molecule has 0 unspecified atom stereocenters. The maximum atomic E-state index is 14.7. The molecule has 0 atom stereocenters. The number of rotatable bonds is 6. The first-order valence-corrected chi connectivity index (χ1v) is 13.3. The van der Waals surface area contributed by atoms with Gasteiger partial charge < -0.3 is 0 Å². The van der Waals surface area contributed by atoms with E-state index in [4.69, 9.17) is 0 Å². The van der Waals surface area contributed by atoms with Crippen LogP contribution in [0.3, 0.4) is 0 Å². The molecule has 0 radical (unpaired) electrons. The molecule has 0 spiro atoms. The predicted octanol–water partition coefficient (Wildman–Crippen LogP) is 7.33. The normalized spacial score (nSPS) is 11.6. The lowest BCUT2D eigenvalue weighted by atomic mass is 10.0. The van der Waals surface area contributed by atoms with Gasteiger partial charge in [-0.3, -0.25) is 0 Å². The molecule has 0 aromatic heterocycles. The summed E-state index contributed by atoms with van der Waals surface area (Å²) in [5.74, 6) is -3.00. The van der Waals surface area contributed by atoms with E-state index in [0.29, 0.717) is 11.1 Å². The molecule has 0 bridgehead atoms. The Hall–Kier alpha value is -3.75. The smallest absolute Gasteiger partial charge is 0.134 e. The van der Waals surface area contributed by atoms with E-state index in [1.165, 1.54) is 24.3 Å². The van der Waals surface area contributed by atoms with E-state index in [9.17, 15) is 17.6 Å². The minimum absolute atomic E-state index is 0.308. The minimum atomic E-state index is -2.85. The van der Waals surface area contributed by atoms with Crippen molar-refractivity contribution in [1.29, 1.82) is 0 Å². The zero-order valence-corrected chi connectivity index (χ0v) is 20.1. The molecule has 178 valence electrons. The van der Waals surface area contributed by atoms with Gasteiger partial charge in [-0.15, -0.1) is 0 Å². The molecule has 0 N–H and O–H groups in total. The van der Waals surface area contributed by atoms with Gasteiger partial charge in [0.1, 0.15) is 52.1 Å². The minimum Gasteiger partial charge on any atom is -0.207 e. The standard InChI is InChI=1S/C31H22F4P/c32-24-16-22(17-25(33)20-24)31(23-18-26(34)21-27(35)19-23)36(28-10-4-1-5-11-28,29-12-6-2-7-13-29)30-14-8-3-9-15-30/h1-21,31H/q+1. The lowest BCUT2D eigenvalue weighted by Gasteiger charge is -2.35. The maximum absolute atomic E-state index is 14.7. The molecular weight excluding hydrogens is 479 g/mol. The monoisotopic (exact) mass is 501 g/mol. The summed E-state index contributed by atoms with van der Waals surface area (Å²) in [5, 5.41) is 2.75. The number of hydrogen-bond donors (Lipinski definition) is 0. The highest BCUT2D eigenvalue weighted by atomic mass is 31.2. The lowest BCUT2D eigenvalue weighted by molar-refractivity contribution is 0.577. The molecule has 0 amide bonds. The average molecular weight is 501 g/mol. The van der Waals surface area contributed by atoms with Crippen LogP contribution in [0.2, 0.25) is 0 Å². The summed E-state index contributed by atoms with van der Waals surface area (Å²) in [6, 6.07) is 35.7. The zero-order valence-electron chi connectivity index (χ0n) is 19.2. The molecule has 0 fully saturated rings. The van der Waals surface area contributed by atoms with Gasteiger partial charge in [-0.2, -0.15) is 0 Å². The summed E-state index contributed by atoms with van der Waals surface area (Å²) in [7, 11) is -2.85. The van der Waals surface area contributed by atoms with E-state index < -0.39 is 36.2 Å². The van der Waals surface area contributed by atoms with Gasteiger partial charge in [-0.1, -0.05) is 54.6 Å². The summed E-state index contributed by atoms with van der Waals surface area (Å²) in [6.07, 6.45) is 0. The molecular formula is C31H22F4P+.